The van der Waals surface area contributed by atoms with Gasteiger partial charge in [-0.05, 0) is 76.7 Å². The molecule has 28 heavy (non-hydrogen) atoms. The molecule has 1 aromatic carbocycles. The molecule has 1 aromatic rings. The highest BCUT2D eigenvalue weighted by Gasteiger charge is 2.62. The van der Waals surface area contributed by atoms with Crippen LogP contribution in [0.15, 0.2) is 10.5 Å². The maximum absolute atomic E-state index is 6.59. The molecule has 2 aliphatic rings. The van der Waals surface area contributed by atoms with Crippen LogP contribution in [0.2, 0.25) is 13.1 Å². The smallest absolute Gasteiger partial charge is 0.274 e. The number of hydrogen-bond acceptors (Lipinski definition) is 2. The summed E-state index contributed by atoms with van der Waals surface area (Å²) < 4.78 is 13.9. The minimum absolute atomic E-state index is 0.150. The largest absolute Gasteiger partial charge is 0.542 e. The molecule has 3 atom stereocenters. The number of benzene rings is 1. The van der Waals surface area contributed by atoms with Gasteiger partial charge in [0.25, 0.3) is 9.04 Å². The van der Waals surface area contributed by atoms with Crippen molar-refractivity contribution >= 4 is 25.0 Å². The van der Waals surface area contributed by atoms with Crippen LogP contribution in [0.4, 0.5) is 0 Å². The van der Waals surface area contributed by atoms with Gasteiger partial charge in [-0.1, -0.05) is 54.4 Å². The third-order valence-electron chi connectivity index (χ3n) is 6.97. The molecule has 0 spiro atoms. The summed E-state index contributed by atoms with van der Waals surface area (Å²) in [5.41, 5.74) is 3.52. The first-order valence-electron chi connectivity index (χ1n) is 10.9. The van der Waals surface area contributed by atoms with E-state index in [1.165, 1.54) is 30.4 Å². The molecule has 3 rings (SSSR count). The summed E-state index contributed by atoms with van der Waals surface area (Å²) in [7, 11) is -0.883. The van der Waals surface area contributed by atoms with Crippen molar-refractivity contribution in [1.82, 2.24) is 0 Å². The van der Waals surface area contributed by atoms with Gasteiger partial charge in [0.1, 0.15) is 16.0 Å². The Kier molecular flexibility index (Phi) is 6.06. The van der Waals surface area contributed by atoms with Crippen LogP contribution in [0.5, 0.6) is 11.5 Å². The molecule has 2 aliphatic carbocycles. The molecule has 0 saturated heterocycles. The van der Waals surface area contributed by atoms with Crippen molar-refractivity contribution in [2.45, 2.75) is 97.6 Å². The lowest BCUT2D eigenvalue weighted by Gasteiger charge is -2.51. The molecule has 0 N–H and O–H groups in total. The lowest BCUT2D eigenvalue weighted by molar-refractivity contribution is 0.0361. The van der Waals surface area contributed by atoms with Gasteiger partial charge in [0.15, 0.2) is 0 Å². The molecular weight excluding hydrogens is 428 g/mol. The second-order valence-corrected chi connectivity index (χ2v) is 13.5. The van der Waals surface area contributed by atoms with E-state index < -0.39 is 9.04 Å². The van der Waals surface area contributed by atoms with E-state index in [0.717, 1.165) is 35.4 Å². The van der Waals surface area contributed by atoms with Crippen LogP contribution in [0.25, 0.3) is 0 Å². The third kappa shape index (κ3) is 3.47. The minimum atomic E-state index is -0.883. The Morgan fingerprint density at radius 2 is 1.82 bits per heavy atom. The molecule has 1 fully saturated rings. The predicted molar refractivity (Wildman–Crippen MR) is 124 cm³/mol. The monoisotopic (exact) mass is 465 g/mol. The predicted octanol–water partition coefficient (Wildman–Crippen LogP) is 7.63. The van der Waals surface area contributed by atoms with Gasteiger partial charge in [0.2, 0.25) is 0 Å². The maximum Gasteiger partial charge on any atom is 0.274 e. The second kappa shape index (κ2) is 7.65. The van der Waals surface area contributed by atoms with E-state index >= 15 is 0 Å². The molecule has 0 aromatic heterocycles. The highest BCUT2D eigenvalue weighted by atomic mass is 79.9. The van der Waals surface area contributed by atoms with Gasteiger partial charge >= 0.3 is 0 Å². The van der Waals surface area contributed by atoms with Crippen LogP contribution in [-0.2, 0) is 10.8 Å². The fourth-order valence-electron chi connectivity index (χ4n) is 6.65. The average molecular weight is 467 g/mol. The number of fused-ring (bicyclic) bond motifs is 5. The highest BCUT2D eigenvalue weighted by molar-refractivity contribution is 9.10. The van der Waals surface area contributed by atoms with Crippen LogP contribution < -0.4 is 9.16 Å². The molecule has 3 unspecified atom stereocenters. The first-order valence-corrected chi connectivity index (χ1v) is 14.1. The van der Waals surface area contributed by atoms with Crippen molar-refractivity contribution in [2.75, 3.05) is 6.61 Å². The Morgan fingerprint density at radius 1 is 1.18 bits per heavy atom. The lowest BCUT2D eigenvalue weighted by Crippen LogP contribution is -2.48. The summed E-state index contributed by atoms with van der Waals surface area (Å²) in [5, 5.41) is 0. The fourth-order valence-corrected chi connectivity index (χ4v) is 7.91. The van der Waals surface area contributed by atoms with E-state index in [4.69, 9.17) is 9.16 Å². The topological polar surface area (TPSA) is 18.5 Å². The molecule has 2 bridgehead atoms. The summed E-state index contributed by atoms with van der Waals surface area (Å²) in [6.07, 6.45) is 6.00. The van der Waals surface area contributed by atoms with E-state index in [2.05, 4.69) is 76.6 Å². The van der Waals surface area contributed by atoms with Crippen molar-refractivity contribution in [3.8, 4) is 11.5 Å². The zero-order valence-electron chi connectivity index (χ0n) is 19.1. The third-order valence-corrected chi connectivity index (χ3v) is 8.33. The molecule has 1 radical (unpaired) electrons. The lowest BCUT2D eigenvalue weighted by atomic mass is 9.52. The quantitative estimate of drug-likeness (QED) is 0.317. The number of ether oxygens (including phenoxy) is 1. The zero-order chi connectivity index (χ0) is 20.9. The Bertz CT molecular complexity index is 739. The maximum atomic E-state index is 6.59. The molecular formula is C24H38BrO2Si. The minimum Gasteiger partial charge on any atom is -0.542 e. The first kappa shape index (κ1) is 22.2. The summed E-state index contributed by atoms with van der Waals surface area (Å²) in [5.74, 6) is 2.64. The van der Waals surface area contributed by atoms with Crippen molar-refractivity contribution in [1.29, 1.82) is 0 Å². The SMILES string of the molecule is CCCCOc1cc2c(c(O[Si](C)C)c1Br)C1(C)CCCC2(C)C1C(C)(C)C. The molecule has 157 valence electrons. The van der Waals surface area contributed by atoms with Crippen LogP contribution >= 0.6 is 15.9 Å². The zero-order valence-corrected chi connectivity index (χ0v) is 21.7. The van der Waals surface area contributed by atoms with E-state index in [-0.39, 0.29) is 16.2 Å². The van der Waals surface area contributed by atoms with E-state index in [1.807, 2.05) is 0 Å². The summed E-state index contributed by atoms with van der Waals surface area (Å²) >= 11 is 3.89. The van der Waals surface area contributed by atoms with Crippen molar-refractivity contribution in [2.24, 2.45) is 11.3 Å². The summed E-state index contributed by atoms with van der Waals surface area (Å²) in [6, 6.07) is 2.36. The van der Waals surface area contributed by atoms with Crippen LogP contribution in [0.3, 0.4) is 0 Å². The van der Waals surface area contributed by atoms with Gasteiger partial charge in [-0.15, -0.1) is 0 Å². The fraction of sp³-hybridized carbons (Fsp3) is 0.750. The normalized spacial score (nSPS) is 29.1. The summed E-state index contributed by atoms with van der Waals surface area (Å²) in [6.45, 7) is 19.7. The molecule has 0 amide bonds. The number of unbranched alkanes of at least 4 members (excludes halogenated alkanes) is 1. The van der Waals surface area contributed by atoms with Crippen LogP contribution in [-0.4, -0.2) is 15.6 Å². The van der Waals surface area contributed by atoms with Gasteiger partial charge in [0, 0.05) is 11.0 Å². The Morgan fingerprint density at radius 3 is 2.39 bits per heavy atom. The van der Waals surface area contributed by atoms with Gasteiger partial charge in [0.05, 0.1) is 6.61 Å². The molecule has 4 heteroatoms. The second-order valence-electron chi connectivity index (χ2n) is 10.6. The van der Waals surface area contributed by atoms with E-state index in [9.17, 15) is 0 Å². The van der Waals surface area contributed by atoms with Crippen LogP contribution in [0, 0.1) is 11.3 Å². The number of rotatable bonds is 6. The van der Waals surface area contributed by atoms with Gasteiger partial charge in [-0.2, -0.15) is 0 Å². The van der Waals surface area contributed by atoms with Gasteiger partial charge < -0.3 is 9.16 Å². The summed E-state index contributed by atoms with van der Waals surface area (Å²) in [4.78, 5) is 0. The van der Waals surface area contributed by atoms with Crippen molar-refractivity contribution in [3.05, 3.63) is 21.7 Å². The van der Waals surface area contributed by atoms with Gasteiger partial charge in [-0.25, -0.2) is 0 Å². The molecule has 2 nitrogen and oxygen atoms in total. The van der Waals surface area contributed by atoms with Gasteiger partial charge in [-0.3, -0.25) is 0 Å². The van der Waals surface area contributed by atoms with E-state index in [0.29, 0.717) is 5.92 Å². The van der Waals surface area contributed by atoms with Crippen LogP contribution in [0.1, 0.15) is 84.8 Å². The van der Waals surface area contributed by atoms with Crippen molar-refractivity contribution in [3.63, 3.8) is 0 Å². The first-order chi connectivity index (χ1) is 13.0. The number of halogens is 1. The Balaban J connectivity index is 2.25. The van der Waals surface area contributed by atoms with Crippen molar-refractivity contribution < 1.29 is 9.16 Å². The van der Waals surface area contributed by atoms with E-state index in [1.54, 1.807) is 0 Å². The standard InChI is InChI=1S/C24H38BrO2Si/c1-9-10-14-26-17-15-16-18(20(19(17)25)27-28(7)8)24(6)13-11-12-23(16,5)21(24)22(2,3)4/h15,21H,9-14H2,1-8H3. The highest BCUT2D eigenvalue weighted by Crippen LogP contribution is 2.69. The Hall–Kier alpha value is -0.483. The molecule has 1 saturated carbocycles. The molecule has 0 heterocycles. The number of hydrogen-bond donors (Lipinski definition) is 0. The average Bonchev–Trinajstić information content (AvgIpc) is 2.67. The Labute approximate surface area is 182 Å². The molecule has 0 aliphatic heterocycles.